The molecule has 1 aliphatic carbocycles. The topological polar surface area (TPSA) is 109 Å². The molecule has 1 N–H and O–H groups in total. The van der Waals surface area contributed by atoms with E-state index in [4.69, 9.17) is 21.1 Å². The van der Waals surface area contributed by atoms with E-state index >= 15 is 0 Å². The molecule has 0 aromatic heterocycles. The van der Waals surface area contributed by atoms with E-state index in [0.29, 0.717) is 38.9 Å². The molecule has 2 heterocycles. The van der Waals surface area contributed by atoms with Crippen molar-refractivity contribution in [1.29, 1.82) is 5.26 Å². The maximum absolute atomic E-state index is 14.5. The van der Waals surface area contributed by atoms with E-state index in [9.17, 15) is 31.6 Å². The minimum atomic E-state index is -4.56. The number of likely N-dealkylation sites (tertiary alicyclic amines) is 1. The number of nitriles is 1. The second kappa shape index (κ2) is 11.7. The van der Waals surface area contributed by atoms with Gasteiger partial charge in [-0.25, -0.2) is 8.42 Å². The highest BCUT2D eigenvalue weighted by Gasteiger charge is 2.51. The number of sulfone groups is 1. The summed E-state index contributed by atoms with van der Waals surface area (Å²) in [5, 5.41) is 11.5. The molecule has 2 atom stereocenters. The molecule has 2 aromatic rings. The van der Waals surface area contributed by atoms with Gasteiger partial charge in [0.05, 0.1) is 26.7 Å². The number of halogens is 4. The quantitative estimate of drug-likeness (QED) is 0.440. The summed E-state index contributed by atoms with van der Waals surface area (Å²) in [5.74, 6) is -0.401. The van der Waals surface area contributed by atoms with Crippen molar-refractivity contribution in [3.63, 3.8) is 0 Å². The molecule has 0 radical (unpaired) electrons. The van der Waals surface area contributed by atoms with Gasteiger partial charge in [0.15, 0.2) is 16.4 Å². The lowest BCUT2D eigenvalue weighted by molar-refractivity contribution is -0.153. The van der Waals surface area contributed by atoms with E-state index in [-0.39, 0.29) is 41.1 Å². The summed E-state index contributed by atoms with van der Waals surface area (Å²) < 4.78 is 75.7. The molecule has 2 saturated heterocycles. The first-order valence-corrected chi connectivity index (χ1v) is 15.7. The van der Waals surface area contributed by atoms with Gasteiger partial charge in [0.25, 0.3) is 0 Å². The van der Waals surface area contributed by atoms with Crippen LogP contribution in [0.1, 0.15) is 37.7 Å². The lowest BCUT2D eigenvalue weighted by Crippen LogP contribution is -2.54. The van der Waals surface area contributed by atoms with Gasteiger partial charge in [0.2, 0.25) is 5.91 Å². The molecule has 13 heteroatoms. The van der Waals surface area contributed by atoms with Gasteiger partial charge in [-0.1, -0.05) is 41.9 Å². The molecular weight excluding hydrogens is 595 g/mol. The van der Waals surface area contributed by atoms with E-state index in [1.54, 1.807) is 4.90 Å². The molecule has 0 unspecified atom stereocenters. The van der Waals surface area contributed by atoms with Gasteiger partial charge < -0.3 is 14.4 Å². The van der Waals surface area contributed by atoms with Crippen LogP contribution in [-0.4, -0.2) is 75.1 Å². The molecule has 1 saturated carbocycles. The zero-order valence-corrected chi connectivity index (χ0v) is 24.3. The fraction of sp³-hybridized carbons (Fsp3) is 0.517. The number of benzene rings is 2. The molecule has 2 aromatic carbocycles. The van der Waals surface area contributed by atoms with Crippen LogP contribution < -0.4 is 10.1 Å². The Labute approximate surface area is 247 Å². The standard InChI is InChI=1S/C29H31ClF3N3O5S/c30-24-15-22(41-19-29(31,32)33)6-7-25(24)42(38,39)23-14-21(16-35-27(18-34)8-9-27)36(17-23)26(37)28(10-12-40-13-11-28)20-4-2-1-3-5-20/h1-7,15,21,23,35H,8-14,16-17,19H2/t21-,23+/m0/s1. The second-order valence-corrected chi connectivity index (χ2v) is 13.7. The van der Waals surface area contributed by atoms with Gasteiger partial charge in [-0.15, -0.1) is 0 Å². The lowest BCUT2D eigenvalue weighted by Gasteiger charge is -2.41. The van der Waals surface area contributed by atoms with E-state index < -0.39 is 44.9 Å². The lowest BCUT2D eigenvalue weighted by atomic mass is 9.73. The minimum absolute atomic E-state index is 0.0921. The highest BCUT2D eigenvalue weighted by Crippen LogP contribution is 2.41. The molecule has 1 amide bonds. The van der Waals surface area contributed by atoms with Gasteiger partial charge in [0.1, 0.15) is 11.3 Å². The summed E-state index contributed by atoms with van der Waals surface area (Å²) >= 11 is 6.27. The van der Waals surface area contributed by atoms with Crippen LogP contribution in [0.3, 0.4) is 0 Å². The number of alkyl halides is 3. The van der Waals surface area contributed by atoms with E-state index in [1.807, 2.05) is 30.3 Å². The average Bonchev–Trinajstić information content (AvgIpc) is 3.63. The Morgan fingerprint density at radius 3 is 2.43 bits per heavy atom. The summed E-state index contributed by atoms with van der Waals surface area (Å²) in [5.41, 5.74) is -0.723. The highest BCUT2D eigenvalue weighted by atomic mass is 35.5. The number of rotatable bonds is 9. The second-order valence-electron chi connectivity index (χ2n) is 11.1. The summed E-state index contributed by atoms with van der Waals surface area (Å²) in [6, 6.07) is 14.5. The largest absolute Gasteiger partial charge is 0.484 e. The van der Waals surface area contributed by atoms with E-state index in [2.05, 4.69) is 11.4 Å². The Balaban J connectivity index is 1.43. The van der Waals surface area contributed by atoms with Gasteiger partial charge >= 0.3 is 6.18 Å². The number of hydrogen-bond acceptors (Lipinski definition) is 7. The van der Waals surface area contributed by atoms with Crippen molar-refractivity contribution in [3.8, 4) is 11.8 Å². The third kappa shape index (κ3) is 6.25. The van der Waals surface area contributed by atoms with Crippen molar-refractivity contribution in [2.24, 2.45) is 0 Å². The van der Waals surface area contributed by atoms with Crippen molar-refractivity contribution in [2.75, 3.05) is 32.9 Å². The Hall–Kier alpha value is -2.85. The van der Waals surface area contributed by atoms with Crippen LogP contribution in [0.25, 0.3) is 0 Å². The van der Waals surface area contributed by atoms with Crippen molar-refractivity contribution < 1.29 is 35.9 Å². The average molecular weight is 626 g/mol. The third-order valence-corrected chi connectivity index (χ3v) is 11.0. The van der Waals surface area contributed by atoms with Crippen LogP contribution in [0.15, 0.2) is 53.4 Å². The molecule has 0 bridgehead atoms. The first kappa shape index (κ1) is 30.6. The van der Waals surface area contributed by atoms with Crippen LogP contribution in [-0.2, 0) is 24.8 Å². The van der Waals surface area contributed by atoms with Gasteiger partial charge in [-0.05, 0) is 49.8 Å². The Kier molecular flexibility index (Phi) is 8.51. The Morgan fingerprint density at radius 2 is 1.83 bits per heavy atom. The smallest absolute Gasteiger partial charge is 0.422 e. The molecule has 226 valence electrons. The predicted molar refractivity (Wildman–Crippen MR) is 148 cm³/mol. The van der Waals surface area contributed by atoms with E-state index in [1.165, 1.54) is 0 Å². The van der Waals surface area contributed by atoms with Crippen LogP contribution in [0, 0.1) is 11.3 Å². The number of hydrogen-bond donors (Lipinski definition) is 1. The molecule has 8 nitrogen and oxygen atoms in total. The summed E-state index contributed by atoms with van der Waals surface area (Å²) in [7, 11) is -4.11. The first-order valence-electron chi connectivity index (χ1n) is 13.7. The number of carbonyl (C=O) groups is 1. The normalized spacial score (nSPS) is 23.3. The number of ether oxygens (including phenoxy) is 2. The first-order chi connectivity index (χ1) is 19.9. The number of nitrogens with zero attached hydrogens (tertiary/aromatic N) is 2. The fourth-order valence-electron chi connectivity index (χ4n) is 5.83. The molecule has 2 aliphatic heterocycles. The van der Waals surface area contributed by atoms with Crippen LogP contribution >= 0.6 is 11.6 Å². The van der Waals surface area contributed by atoms with Crippen LogP contribution in [0.4, 0.5) is 13.2 Å². The molecule has 5 rings (SSSR count). The monoisotopic (exact) mass is 625 g/mol. The zero-order valence-electron chi connectivity index (χ0n) is 22.7. The highest BCUT2D eigenvalue weighted by molar-refractivity contribution is 7.92. The number of amides is 1. The van der Waals surface area contributed by atoms with Crippen LogP contribution in [0.2, 0.25) is 5.02 Å². The Bertz CT molecular complexity index is 1460. The van der Waals surface area contributed by atoms with Crippen molar-refractivity contribution in [1.82, 2.24) is 10.2 Å². The fourth-order valence-corrected chi connectivity index (χ4v) is 8.10. The van der Waals surface area contributed by atoms with Crippen molar-refractivity contribution >= 4 is 27.3 Å². The zero-order chi connectivity index (χ0) is 30.2. The summed E-state index contributed by atoms with van der Waals surface area (Å²) in [4.78, 5) is 15.8. The SMILES string of the molecule is N#CC1(NC[C@@H]2C[C@@H](S(=O)(=O)c3ccc(OCC(F)(F)F)cc3Cl)CN2C(=O)C2(c3ccccc3)CCOCC2)CC1. The number of nitrogens with one attached hydrogen (secondary N) is 1. The van der Waals surface area contributed by atoms with Gasteiger partial charge in [-0.3, -0.25) is 10.1 Å². The van der Waals surface area contributed by atoms with Gasteiger partial charge in [-0.2, -0.15) is 18.4 Å². The third-order valence-electron chi connectivity index (χ3n) is 8.41. The number of carbonyl (C=O) groups excluding carboxylic acids is 1. The van der Waals surface area contributed by atoms with Crippen molar-refractivity contribution in [2.45, 2.75) is 65.4 Å². The molecule has 3 aliphatic rings. The van der Waals surface area contributed by atoms with Gasteiger partial charge in [0, 0.05) is 38.4 Å². The van der Waals surface area contributed by atoms with Crippen molar-refractivity contribution in [3.05, 3.63) is 59.1 Å². The summed E-state index contributed by atoms with van der Waals surface area (Å²) in [6.45, 7) is -0.623. The summed E-state index contributed by atoms with van der Waals surface area (Å²) in [6.07, 6.45) is -2.22. The molecule has 3 fully saturated rings. The Morgan fingerprint density at radius 1 is 1.14 bits per heavy atom. The molecule has 0 spiro atoms. The molecule has 42 heavy (non-hydrogen) atoms. The predicted octanol–water partition coefficient (Wildman–Crippen LogP) is 4.42. The minimum Gasteiger partial charge on any atom is -0.484 e. The maximum atomic E-state index is 14.5. The maximum Gasteiger partial charge on any atom is 0.422 e. The molecular formula is C29H31ClF3N3O5S. The van der Waals surface area contributed by atoms with Crippen LogP contribution in [0.5, 0.6) is 5.75 Å². The van der Waals surface area contributed by atoms with E-state index in [0.717, 1.165) is 23.8 Å².